The number of aryl methyl sites for hydroxylation is 1. The molecule has 2 aromatic carbocycles. The normalized spacial score (nSPS) is 13.9. The van der Waals surface area contributed by atoms with Gasteiger partial charge in [0, 0.05) is 11.8 Å². The number of fused-ring (bicyclic) bond motifs is 1. The molecule has 1 N–H and O–H groups in total. The molecule has 0 bridgehead atoms. The lowest BCUT2D eigenvalue weighted by Gasteiger charge is -2.19. The van der Waals surface area contributed by atoms with Crippen LogP contribution < -0.4 is 5.32 Å². The first-order chi connectivity index (χ1) is 10.3. The van der Waals surface area contributed by atoms with Crippen molar-refractivity contribution in [1.82, 2.24) is 0 Å². The van der Waals surface area contributed by atoms with Gasteiger partial charge in [0.2, 0.25) is 5.91 Å². The maximum Gasteiger partial charge on any atom is 0.248 e. The molecule has 1 aliphatic rings. The van der Waals surface area contributed by atoms with E-state index in [4.69, 9.17) is 0 Å². The summed E-state index contributed by atoms with van der Waals surface area (Å²) in [4.78, 5) is 12.1. The first-order valence-electron chi connectivity index (χ1n) is 7.48. The number of nitrogens with one attached hydrogen (secondary N) is 1. The Balaban J connectivity index is 1.72. The monoisotopic (exact) mass is 277 g/mol. The third-order valence-corrected chi connectivity index (χ3v) is 3.88. The molecule has 0 saturated carbocycles. The molecule has 0 radical (unpaired) electrons. The Morgan fingerprint density at radius 3 is 2.62 bits per heavy atom. The fraction of sp³-hybridized carbons (Fsp3) is 0.211. The summed E-state index contributed by atoms with van der Waals surface area (Å²) in [5, 5.41) is 3.01. The Bertz CT molecular complexity index is 659. The van der Waals surface area contributed by atoms with Crippen molar-refractivity contribution in [3.8, 4) is 0 Å². The van der Waals surface area contributed by atoms with E-state index in [0.29, 0.717) is 0 Å². The molecule has 1 amide bonds. The third-order valence-electron chi connectivity index (χ3n) is 3.88. The van der Waals surface area contributed by atoms with E-state index in [-0.39, 0.29) is 5.91 Å². The molecular weight excluding hydrogens is 258 g/mol. The van der Waals surface area contributed by atoms with Crippen LogP contribution in [-0.2, 0) is 17.6 Å². The molecule has 0 atom stereocenters. The summed E-state index contributed by atoms with van der Waals surface area (Å²) in [5.74, 6) is -0.0715. The van der Waals surface area contributed by atoms with Crippen molar-refractivity contribution in [3.05, 3.63) is 71.3 Å². The van der Waals surface area contributed by atoms with Crippen molar-refractivity contribution < 1.29 is 4.79 Å². The fourth-order valence-corrected chi connectivity index (χ4v) is 2.81. The highest BCUT2D eigenvalue weighted by Gasteiger charge is 2.13. The summed E-state index contributed by atoms with van der Waals surface area (Å²) in [6.45, 7) is 0. The molecule has 0 spiro atoms. The molecule has 2 aromatic rings. The van der Waals surface area contributed by atoms with E-state index in [1.54, 1.807) is 6.08 Å². The molecule has 2 nitrogen and oxygen atoms in total. The predicted molar refractivity (Wildman–Crippen MR) is 87.2 cm³/mol. The minimum Gasteiger partial charge on any atom is -0.322 e. The summed E-state index contributed by atoms with van der Waals surface area (Å²) >= 11 is 0. The Labute approximate surface area is 125 Å². The first-order valence-corrected chi connectivity index (χ1v) is 7.48. The van der Waals surface area contributed by atoms with E-state index in [1.165, 1.54) is 24.0 Å². The standard InChI is InChI=1S/C19H19NO/c21-19(14-13-15-7-2-1-3-8-15)20-18-12-6-10-16-9-4-5-11-17(16)18/h1-3,6-8,10,12-14H,4-5,9,11H2,(H,20,21)/b14-13+. The van der Waals surface area contributed by atoms with Crippen molar-refractivity contribution in [2.45, 2.75) is 25.7 Å². The average Bonchev–Trinajstić information content (AvgIpc) is 2.54. The first kappa shape index (κ1) is 13.6. The van der Waals surface area contributed by atoms with Crippen LogP contribution in [0.3, 0.4) is 0 Å². The van der Waals surface area contributed by atoms with Gasteiger partial charge in [0.05, 0.1) is 0 Å². The van der Waals surface area contributed by atoms with Gasteiger partial charge in [0.1, 0.15) is 0 Å². The van der Waals surface area contributed by atoms with Crippen LogP contribution in [0.4, 0.5) is 5.69 Å². The van der Waals surface area contributed by atoms with Crippen molar-refractivity contribution >= 4 is 17.7 Å². The van der Waals surface area contributed by atoms with Crippen LogP contribution in [-0.4, -0.2) is 5.91 Å². The second-order valence-electron chi connectivity index (χ2n) is 5.38. The van der Waals surface area contributed by atoms with Gasteiger partial charge >= 0.3 is 0 Å². The van der Waals surface area contributed by atoms with E-state index in [9.17, 15) is 4.79 Å². The molecule has 0 fully saturated rings. The van der Waals surface area contributed by atoms with Crippen molar-refractivity contribution in [1.29, 1.82) is 0 Å². The molecule has 0 aliphatic heterocycles. The molecule has 106 valence electrons. The number of carbonyl (C=O) groups excluding carboxylic acids is 1. The van der Waals surface area contributed by atoms with Crippen LogP contribution >= 0.6 is 0 Å². The minimum absolute atomic E-state index is 0.0715. The van der Waals surface area contributed by atoms with Gasteiger partial charge in [-0.15, -0.1) is 0 Å². The van der Waals surface area contributed by atoms with Gasteiger partial charge in [-0.25, -0.2) is 0 Å². The maximum atomic E-state index is 12.1. The summed E-state index contributed by atoms with van der Waals surface area (Å²) in [5.41, 5.74) is 4.69. The Hall–Kier alpha value is -2.35. The Morgan fingerprint density at radius 1 is 0.952 bits per heavy atom. The number of benzene rings is 2. The van der Waals surface area contributed by atoms with Crippen LogP contribution in [0, 0.1) is 0 Å². The van der Waals surface area contributed by atoms with Crippen LogP contribution in [0.1, 0.15) is 29.5 Å². The Kier molecular flexibility index (Phi) is 4.15. The SMILES string of the molecule is O=C(/C=C/c1ccccc1)Nc1cccc2c1CCCC2. The molecule has 21 heavy (non-hydrogen) atoms. The third kappa shape index (κ3) is 3.40. The maximum absolute atomic E-state index is 12.1. The summed E-state index contributed by atoms with van der Waals surface area (Å²) < 4.78 is 0. The second-order valence-corrected chi connectivity index (χ2v) is 5.38. The highest BCUT2D eigenvalue weighted by molar-refractivity contribution is 6.02. The number of anilines is 1. The largest absolute Gasteiger partial charge is 0.322 e. The number of carbonyl (C=O) groups is 1. The van der Waals surface area contributed by atoms with Crippen molar-refractivity contribution in [2.75, 3.05) is 5.32 Å². The lowest BCUT2D eigenvalue weighted by atomic mass is 9.90. The fourth-order valence-electron chi connectivity index (χ4n) is 2.81. The van der Waals surface area contributed by atoms with E-state index < -0.39 is 0 Å². The number of hydrogen-bond acceptors (Lipinski definition) is 1. The number of amides is 1. The van der Waals surface area contributed by atoms with Crippen molar-refractivity contribution in [2.24, 2.45) is 0 Å². The Morgan fingerprint density at radius 2 is 1.76 bits per heavy atom. The van der Waals surface area contributed by atoms with Crippen LogP contribution in [0.25, 0.3) is 6.08 Å². The smallest absolute Gasteiger partial charge is 0.248 e. The predicted octanol–water partition coefficient (Wildman–Crippen LogP) is 4.22. The topological polar surface area (TPSA) is 29.1 Å². The highest BCUT2D eigenvalue weighted by Crippen LogP contribution is 2.27. The quantitative estimate of drug-likeness (QED) is 0.836. The molecule has 0 saturated heterocycles. The lowest BCUT2D eigenvalue weighted by molar-refractivity contribution is -0.111. The molecule has 0 unspecified atom stereocenters. The summed E-state index contributed by atoms with van der Waals surface area (Å²) in [6.07, 6.45) is 8.08. The van der Waals surface area contributed by atoms with Gasteiger partial charge in [0.15, 0.2) is 0 Å². The second kappa shape index (κ2) is 6.40. The molecule has 2 heteroatoms. The number of hydrogen-bond donors (Lipinski definition) is 1. The van der Waals surface area contributed by atoms with Crippen LogP contribution in [0.2, 0.25) is 0 Å². The molecule has 0 heterocycles. The zero-order chi connectivity index (χ0) is 14.5. The summed E-state index contributed by atoms with van der Waals surface area (Å²) in [7, 11) is 0. The van der Waals surface area contributed by atoms with Gasteiger partial charge in [-0.05, 0) is 54.5 Å². The van der Waals surface area contributed by atoms with Gasteiger partial charge in [-0.1, -0.05) is 42.5 Å². The average molecular weight is 277 g/mol. The molecule has 3 rings (SSSR count). The van der Waals surface area contributed by atoms with E-state index >= 15 is 0 Å². The minimum atomic E-state index is -0.0715. The van der Waals surface area contributed by atoms with E-state index in [1.807, 2.05) is 48.5 Å². The van der Waals surface area contributed by atoms with Gasteiger partial charge in [-0.3, -0.25) is 4.79 Å². The van der Waals surface area contributed by atoms with Gasteiger partial charge in [0.25, 0.3) is 0 Å². The summed E-state index contributed by atoms with van der Waals surface area (Å²) in [6, 6.07) is 16.1. The number of rotatable bonds is 3. The van der Waals surface area contributed by atoms with E-state index in [0.717, 1.165) is 24.1 Å². The van der Waals surface area contributed by atoms with Crippen molar-refractivity contribution in [3.63, 3.8) is 0 Å². The van der Waals surface area contributed by atoms with Crippen LogP contribution in [0.15, 0.2) is 54.6 Å². The van der Waals surface area contributed by atoms with Gasteiger partial charge in [-0.2, -0.15) is 0 Å². The van der Waals surface area contributed by atoms with E-state index in [2.05, 4.69) is 11.4 Å². The zero-order valence-corrected chi connectivity index (χ0v) is 12.0. The van der Waals surface area contributed by atoms with Gasteiger partial charge < -0.3 is 5.32 Å². The molecule has 1 aliphatic carbocycles. The molecule has 0 aromatic heterocycles. The molecular formula is C19H19NO. The highest BCUT2D eigenvalue weighted by atomic mass is 16.1. The lowest BCUT2D eigenvalue weighted by Crippen LogP contribution is -2.12. The zero-order valence-electron chi connectivity index (χ0n) is 12.0. The van der Waals surface area contributed by atoms with Crippen LogP contribution in [0.5, 0.6) is 0 Å².